The van der Waals surface area contributed by atoms with E-state index >= 15 is 0 Å². The van der Waals surface area contributed by atoms with Crippen LogP contribution in [0.15, 0.2) is 24.3 Å². The van der Waals surface area contributed by atoms with Gasteiger partial charge in [-0.3, -0.25) is 19.3 Å². The van der Waals surface area contributed by atoms with Gasteiger partial charge in [-0.1, -0.05) is 0 Å². The molecule has 0 radical (unpaired) electrons. The van der Waals surface area contributed by atoms with E-state index < -0.39 is 11.8 Å². The number of Topliss-reactive ketones (excluding diaryl/α,β-unsaturated/α-hetero) is 1. The van der Waals surface area contributed by atoms with Crippen LogP contribution < -0.4 is 0 Å². The lowest BCUT2D eigenvalue weighted by atomic mass is 10.1. The van der Waals surface area contributed by atoms with Crippen molar-refractivity contribution >= 4 is 17.7 Å². The highest BCUT2D eigenvalue weighted by Crippen LogP contribution is 2.12. The molecule has 1 fully saturated rings. The highest BCUT2D eigenvalue weighted by molar-refractivity contribution is 5.97. The summed E-state index contributed by atoms with van der Waals surface area (Å²) in [7, 11) is 1.68. The van der Waals surface area contributed by atoms with Gasteiger partial charge in [-0.25, -0.2) is 4.39 Å². The lowest BCUT2D eigenvalue weighted by molar-refractivity contribution is -0.142. The Labute approximate surface area is 151 Å². The second-order valence-corrected chi connectivity index (χ2v) is 6.35. The number of carbonyl (C=O) groups excluding carboxylic acids is 2. The summed E-state index contributed by atoms with van der Waals surface area (Å²) in [4.78, 5) is 38.4. The molecule has 1 N–H and O–H groups in total. The van der Waals surface area contributed by atoms with Gasteiger partial charge in [0, 0.05) is 38.0 Å². The minimum absolute atomic E-state index is 0.0609. The minimum Gasteiger partial charge on any atom is -0.480 e. The summed E-state index contributed by atoms with van der Waals surface area (Å²) in [5, 5.41) is 8.78. The van der Waals surface area contributed by atoms with E-state index in [9.17, 15) is 18.8 Å². The first-order valence-electron chi connectivity index (χ1n) is 8.43. The third-order valence-corrected chi connectivity index (χ3v) is 4.14. The van der Waals surface area contributed by atoms with E-state index in [0.29, 0.717) is 31.8 Å². The molecule has 1 aromatic carbocycles. The molecule has 142 valence electrons. The second-order valence-electron chi connectivity index (χ2n) is 6.35. The number of nitrogens with zero attached hydrogens (tertiary/aromatic N) is 2. The molecule has 1 saturated heterocycles. The largest absolute Gasteiger partial charge is 0.480 e. The number of hydrogen-bond acceptors (Lipinski definition) is 5. The number of halogens is 1. The van der Waals surface area contributed by atoms with Gasteiger partial charge < -0.3 is 14.7 Å². The van der Waals surface area contributed by atoms with E-state index in [2.05, 4.69) is 0 Å². The molecule has 2 rings (SSSR count). The van der Waals surface area contributed by atoms with E-state index in [1.54, 1.807) is 16.8 Å². The summed E-state index contributed by atoms with van der Waals surface area (Å²) < 4.78 is 18.5. The van der Waals surface area contributed by atoms with E-state index in [0.717, 1.165) is 0 Å². The van der Waals surface area contributed by atoms with Crippen molar-refractivity contribution in [3.05, 3.63) is 35.6 Å². The molecule has 8 heteroatoms. The molecule has 1 aromatic rings. The van der Waals surface area contributed by atoms with E-state index in [1.165, 1.54) is 24.3 Å². The van der Waals surface area contributed by atoms with Crippen LogP contribution in [0.1, 0.15) is 23.2 Å². The zero-order valence-electron chi connectivity index (χ0n) is 14.7. The quantitative estimate of drug-likeness (QED) is 0.692. The Hall–Kier alpha value is -2.32. The van der Waals surface area contributed by atoms with Crippen LogP contribution in [0.5, 0.6) is 0 Å². The smallest absolute Gasteiger partial charge is 0.317 e. The first-order valence-corrected chi connectivity index (χ1v) is 8.43. The van der Waals surface area contributed by atoms with Crippen molar-refractivity contribution in [1.29, 1.82) is 0 Å². The maximum absolute atomic E-state index is 12.9. The van der Waals surface area contributed by atoms with Crippen LogP contribution >= 0.6 is 0 Å². The molecule has 0 aliphatic carbocycles. The molecule has 0 spiro atoms. The number of ether oxygens (including phenoxy) is 1. The third kappa shape index (κ3) is 6.20. The van der Waals surface area contributed by atoms with Crippen molar-refractivity contribution in [2.75, 3.05) is 39.8 Å². The summed E-state index contributed by atoms with van der Waals surface area (Å²) >= 11 is 0. The maximum Gasteiger partial charge on any atom is 0.317 e. The number of carbonyl (C=O) groups is 3. The molecule has 0 aromatic heterocycles. The van der Waals surface area contributed by atoms with Gasteiger partial charge in [0.25, 0.3) is 0 Å². The first kappa shape index (κ1) is 20.0. The molecule has 1 aliphatic rings. The molecular formula is C18H23FN2O5. The molecule has 0 saturated carbocycles. The molecule has 0 bridgehead atoms. The van der Waals surface area contributed by atoms with Crippen LogP contribution in [0, 0.1) is 5.82 Å². The van der Waals surface area contributed by atoms with Crippen LogP contribution in [0.4, 0.5) is 4.39 Å². The highest BCUT2D eigenvalue weighted by atomic mass is 19.1. The Balaban J connectivity index is 1.80. The fourth-order valence-corrected chi connectivity index (χ4v) is 2.86. The van der Waals surface area contributed by atoms with E-state index in [-0.39, 0.29) is 37.2 Å². The fourth-order valence-electron chi connectivity index (χ4n) is 2.86. The number of rotatable bonds is 8. The summed E-state index contributed by atoms with van der Waals surface area (Å²) in [5.41, 5.74) is 0.384. The third-order valence-electron chi connectivity index (χ3n) is 4.14. The Kier molecular flexibility index (Phi) is 7.23. The van der Waals surface area contributed by atoms with Crippen molar-refractivity contribution in [3.8, 4) is 0 Å². The van der Waals surface area contributed by atoms with Crippen molar-refractivity contribution in [2.24, 2.45) is 0 Å². The standard InChI is InChI=1S/C18H23FN2O5/c1-20(12-18(24)25)10-15-11-21(8-9-26-15)17(23)7-6-16(22)13-2-4-14(19)5-3-13/h2-5,15H,6-12H2,1H3,(H,24,25). The summed E-state index contributed by atoms with van der Waals surface area (Å²) in [6, 6.07) is 5.25. The van der Waals surface area contributed by atoms with Gasteiger partial charge in [0.2, 0.25) is 5.91 Å². The lowest BCUT2D eigenvalue weighted by Gasteiger charge is -2.34. The molecule has 1 amide bonds. The van der Waals surface area contributed by atoms with Crippen molar-refractivity contribution in [1.82, 2.24) is 9.80 Å². The maximum atomic E-state index is 12.9. The van der Waals surface area contributed by atoms with Crippen LogP contribution in [0.3, 0.4) is 0 Å². The zero-order chi connectivity index (χ0) is 19.1. The number of amides is 1. The van der Waals surface area contributed by atoms with Crippen LogP contribution in [-0.2, 0) is 14.3 Å². The van der Waals surface area contributed by atoms with Crippen LogP contribution in [-0.4, -0.2) is 78.5 Å². The molecule has 26 heavy (non-hydrogen) atoms. The predicted molar refractivity (Wildman–Crippen MR) is 91.4 cm³/mol. The second kappa shape index (κ2) is 9.40. The number of aliphatic carboxylic acids is 1. The summed E-state index contributed by atoms with van der Waals surface area (Å²) in [5.74, 6) is -1.68. The number of ketones is 1. The minimum atomic E-state index is -0.921. The molecule has 7 nitrogen and oxygen atoms in total. The van der Waals surface area contributed by atoms with E-state index in [4.69, 9.17) is 9.84 Å². The van der Waals surface area contributed by atoms with Gasteiger partial charge in [-0.05, 0) is 31.3 Å². The van der Waals surface area contributed by atoms with Crippen molar-refractivity contribution in [2.45, 2.75) is 18.9 Å². The number of hydrogen-bond donors (Lipinski definition) is 1. The molecule has 1 heterocycles. The van der Waals surface area contributed by atoms with Crippen molar-refractivity contribution in [3.63, 3.8) is 0 Å². The summed E-state index contributed by atoms with van der Waals surface area (Å²) in [6.07, 6.45) is -0.121. The van der Waals surface area contributed by atoms with Gasteiger partial charge in [-0.2, -0.15) is 0 Å². The average molecular weight is 366 g/mol. The van der Waals surface area contributed by atoms with E-state index in [1.807, 2.05) is 0 Å². The number of benzene rings is 1. The average Bonchev–Trinajstić information content (AvgIpc) is 2.59. The number of likely N-dealkylation sites (N-methyl/N-ethyl adjacent to an activating group) is 1. The first-order chi connectivity index (χ1) is 12.3. The van der Waals surface area contributed by atoms with Crippen molar-refractivity contribution < 1.29 is 28.6 Å². The van der Waals surface area contributed by atoms with Crippen LogP contribution in [0.2, 0.25) is 0 Å². The lowest BCUT2D eigenvalue weighted by Crippen LogP contribution is -2.49. The van der Waals surface area contributed by atoms with Crippen LogP contribution in [0.25, 0.3) is 0 Å². The normalized spacial score (nSPS) is 17.3. The van der Waals surface area contributed by atoms with Gasteiger partial charge >= 0.3 is 5.97 Å². The monoisotopic (exact) mass is 366 g/mol. The SMILES string of the molecule is CN(CC(=O)O)CC1CN(C(=O)CCC(=O)c2ccc(F)cc2)CCO1. The molecular weight excluding hydrogens is 343 g/mol. The number of morpholine rings is 1. The topological polar surface area (TPSA) is 87.2 Å². The fraction of sp³-hybridized carbons (Fsp3) is 0.500. The Bertz CT molecular complexity index is 649. The summed E-state index contributed by atoms with van der Waals surface area (Å²) in [6.45, 7) is 1.50. The Morgan fingerprint density at radius 1 is 1.27 bits per heavy atom. The zero-order valence-corrected chi connectivity index (χ0v) is 14.7. The van der Waals surface area contributed by atoms with Gasteiger partial charge in [0.05, 0.1) is 19.3 Å². The Morgan fingerprint density at radius 3 is 2.62 bits per heavy atom. The van der Waals surface area contributed by atoms with Gasteiger partial charge in [-0.15, -0.1) is 0 Å². The molecule has 1 atom stereocenters. The highest BCUT2D eigenvalue weighted by Gasteiger charge is 2.25. The van der Waals surface area contributed by atoms with Gasteiger partial charge in [0.1, 0.15) is 5.82 Å². The van der Waals surface area contributed by atoms with Gasteiger partial charge in [0.15, 0.2) is 5.78 Å². The number of carboxylic acid groups (broad SMARTS) is 1. The molecule has 1 unspecified atom stereocenters. The predicted octanol–water partition coefficient (Wildman–Crippen LogP) is 1.03. The molecule has 1 aliphatic heterocycles. The number of carboxylic acids is 1. The Morgan fingerprint density at radius 2 is 1.96 bits per heavy atom.